The third-order valence-corrected chi connectivity index (χ3v) is 7.71. The van der Waals surface area contributed by atoms with Crippen molar-refractivity contribution in [2.45, 2.75) is 61.8 Å². The van der Waals surface area contributed by atoms with Crippen LogP contribution in [-0.4, -0.2) is 51.3 Å². The van der Waals surface area contributed by atoms with Gasteiger partial charge < -0.3 is 4.90 Å². The van der Waals surface area contributed by atoms with E-state index < -0.39 is 0 Å². The monoisotopic (exact) mass is 387 g/mol. The number of hydrogen-bond acceptors (Lipinski definition) is 7. The van der Waals surface area contributed by atoms with Crippen LogP contribution < -0.4 is 4.90 Å². The summed E-state index contributed by atoms with van der Waals surface area (Å²) in [5.74, 6) is 1.82. The fourth-order valence-corrected chi connectivity index (χ4v) is 6.01. The molecule has 3 saturated heterocycles. The van der Waals surface area contributed by atoms with Crippen molar-refractivity contribution in [2.75, 3.05) is 24.2 Å². The molecule has 5 nitrogen and oxygen atoms in total. The van der Waals surface area contributed by atoms with Crippen molar-refractivity contribution < 1.29 is 0 Å². The number of thioether (sulfide) groups is 1. The smallest absolute Gasteiger partial charge is 0.189 e. The number of rotatable bonds is 5. The van der Waals surface area contributed by atoms with Gasteiger partial charge in [0.25, 0.3) is 0 Å². The summed E-state index contributed by atoms with van der Waals surface area (Å²) in [6.07, 6.45) is 10.7. The Bertz CT molecular complexity index is 761. The van der Waals surface area contributed by atoms with Crippen LogP contribution >= 0.6 is 23.1 Å². The first-order valence-electron chi connectivity index (χ1n) is 9.62. The van der Waals surface area contributed by atoms with Crippen LogP contribution in [0.1, 0.15) is 48.7 Å². The Hall–Kier alpha value is -1.18. The molecule has 0 amide bonds. The lowest BCUT2D eigenvalue weighted by Gasteiger charge is -2.56. The van der Waals surface area contributed by atoms with Crippen LogP contribution in [0.5, 0.6) is 0 Å². The van der Waals surface area contributed by atoms with Crippen molar-refractivity contribution in [3.63, 3.8) is 0 Å². The Balaban J connectivity index is 1.22. The summed E-state index contributed by atoms with van der Waals surface area (Å²) in [7, 11) is 0. The van der Waals surface area contributed by atoms with E-state index in [2.05, 4.69) is 25.1 Å². The molecule has 1 aliphatic carbocycles. The van der Waals surface area contributed by atoms with Gasteiger partial charge in [-0.15, -0.1) is 11.3 Å². The number of hydrogen-bond donors (Lipinski definition) is 0. The molecular formula is C19H25N5S2. The van der Waals surface area contributed by atoms with E-state index in [0.717, 1.165) is 36.5 Å². The highest BCUT2D eigenvalue weighted by molar-refractivity contribution is 7.98. The third-order valence-electron chi connectivity index (χ3n) is 6.09. The van der Waals surface area contributed by atoms with Crippen molar-refractivity contribution in [3.8, 4) is 0 Å². The van der Waals surface area contributed by atoms with Crippen LogP contribution in [0.3, 0.4) is 0 Å². The second-order valence-corrected chi connectivity index (χ2v) is 9.34. The number of fused-ring (bicyclic) bond motifs is 2. The molecule has 138 valence electrons. The Morgan fingerprint density at radius 1 is 1.19 bits per heavy atom. The van der Waals surface area contributed by atoms with Crippen LogP contribution in [0.2, 0.25) is 0 Å². The maximum Gasteiger partial charge on any atom is 0.189 e. The van der Waals surface area contributed by atoms with Crippen LogP contribution in [-0.2, 0) is 6.54 Å². The van der Waals surface area contributed by atoms with Gasteiger partial charge in [-0.05, 0) is 31.6 Å². The SMILES string of the molecule is CSc1nccc(N2CC3CC(C2)N3Cc2csc(C3CCCC3)n2)n1. The molecule has 0 radical (unpaired) electrons. The summed E-state index contributed by atoms with van der Waals surface area (Å²) in [6, 6.07) is 3.32. The van der Waals surface area contributed by atoms with Crippen molar-refractivity contribution in [2.24, 2.45) is 0 Å². The highest BCUT2D eigenvalue weighted by atomic mass is 32.2. The molecule has 2 atom stereocenters. The van der Waals surface area contributed by atoms with E-state index in [1.165, 1.54) is 42.8 Å². The average molecular weight is 388 g/mol. The van der Waals surface area contributed by atoms with E-state index >= 15 is 0 Å². The predicted octanol–water partition coefficient (Wildman–Crippen LogP) is 3.78. The van der Waals surface area contributed by atoms with E-state index in [0.29, 0.717) is 12.1 Å². The maximum absolute atomic E-state index is 4.98. The molecule has 3 aliphatic heterocycles. The number of nitrogens with zero attached hydrogens (tertiary/aromatic N) is 5. The van der Waals surface area contributed by atoms with Gasteiger partial charge in [0, 0.05) is 49.2 Å². The van der Waals surface area contributed by atoms with Gasteiger partial charge in [0.2, 0.25) is 0 Å². The molecule has 4 fully saturated rings. The van der Waals surface area contributed by atoms with Gasteiger partial charge in [0.15, 0.2) is 5.16 Å². The minimum atomic E-state index is 0.637. The van der Waals surface area contributed by atoms with Gasteiger partial charge in [-0.25, -0.2) is 15.0 Å². The molecular weight excluding hydrogens is 362 g/mol. The number of thiazole rings is 1. The Morgan fingerprint density at radius 2 is 2.00 bits per heavy atom. The maximum atomic E-state index is 4.98. The topological polar surface area (TPSA) is 45.2 Å². The summed E-state index contributed by atoms with van der Waals surface area (Å²) in [5, 5.41) is 4.55. The number of piperazine rings is 1. The van der Waals surface area contributed by atoms with Gasteiger partial charge in [0.05, 0.1) is 10.7 Å². The van der Waals surface area contributed by atoms with Gasteiger partial charge in [-0.2, -0.15) is 0 Å². The number of aromatic nitrogens is 3. The number of anilines is 1. The van der Waals surface area contributed by atoms with Crippen molar-refractivity contribution in [1.29, 1.82) is 0 Å². The summed E-state index contributed by atoms with van der Waals surface area (Å²) < 4.78 is 0. The highest BCUT2D eigenvalue weighted by Crippen LogP contribution is 2.38. The molecule has 6 rings (SSSR count). The molecule has 2 bridgehead atoms. The minimum Gasteiger partial charge on any atom is -0.353 e. The summed E-state index contributed by atoms with van der Waals surface area (Å²) in [4.78, 5) is 19.0. The minimum absolute atomic E-state index is 0.637. The Kier molecular flexibility index (Phi) is 4.63. The van der Waals surface area contributed by atoms with E-state index in [-0.39, 0.29) is 0 Å². The van der Waals surface area contributed by atoms with E-state index in [1.54, 1.807) is 11.8 Å². The molecule has 0 N–H and O–H groups in total. The lowest BCUT2D eigenvalue weighted by atomic mass is 9.87. The number of piperidine rings is 1. The van der Waals surface area contributed by atoms with Crippen molar-refractivity contribution in [1.82, 2.24) is 19.9 Å². The predicted molar refractivity (Wildman–Crippen MR) is 107 cm³/mol. The Labute approximate surface area is 163 Å². The first-order valence-corrected chi connectivity index (χ1v) is 11.7. The van der Waals surface area contributed by atoms with Crippen molar-refractivity contribution >= 4 is 28.9 Å². The van der Waals surface area contributed by atoms with Gasteiger partial charge in [-0.3, -0.25) is 4.90 Å². The highest BCUT2D eigenvalue weighted by Gasteiger charge is 2.45. The summed E-state index contributed by atoms with van der Waals surface area (Å²) in [6.45, 7) is 3.16. The molecule has 5 heterocycles. The largest absolute Gasteiger partial charge is 0.353 e. The Morgan fingerprint density at radius 3 is 2.77 bits per heavy atom. The fraction of sp³-hybridized carbons (Fsp3) is 0.632. The lowest BCUT2D eigenvalue weighted by Crippen LogP contribution is -2.68. The second kappa shape index (κ2) is 7.09. The molecule has 7 heteroatoms. The first kappa shape index (κ1) is 17.0. The summed E-state index contributed by atoms with van der Waals surface area (Å²) in [5.41, 5.74) is 1.28. The van der Waals surface area contributed by atoms with Crippen LogP contribution in [0.4, 0.5) is 5.82 Å². The zero-order valence-electron chi connectivity index (χ0n) is 15.2. The fourth-order valence-electron chi connectivity index (χ4n) is 4.68. The van der Waals surface area contributed by atoms with Crippen LogP contribution in [0, 0.1) is 0 Å². The zero-order chi connectivity index (χ0) is 17.5. The average Bonchev–Trinajstić information content (AvgIpc) is 3.38. The molecule has 26 heavy (non-hydrogen) atoms. The third kappa shape index (κ3) is 3.14. The lowest BCUT2D eigenvalue weighted by molar-refractivity contribution is -0.00962. The summed E-state index contributed by atoms with van der Waals surface area (Å²) >= 11 is 3.49. The van der Waals surface area contributed by atoms with E-state index in [9.17, 15) is 0 Å². The van der Waals surface area contributed by atoms with Crippen LogP contribution in [0.25, 0.3) is 0 Å². The molecule has 2 aromatic rings. The van der Waals surface area contributed by atoms with Crippen LogP contribution in [0.15, 0.2) is 22.8 Å². The van der Waals surface area contributed by atoms with Crippen molar-refractivity contribution in [3.05, 3.63) is 28.3 Å². The van der Waals surface area contributed by atoms with Gasteiger partial charge >= 0.3 is 0 Å². The second-order valence-electron chi connectivity index (χ2n) is 7.68. The molecule has 2 aromatic heterocycles. The normalized spacial score (nSPS) is 26.3. The molecule has 1 saturated carbocycles. The molecule has 2 unspecified atom stereocenters. The zero-order valence-corrected chi connectivity index (χ0v) is 16.8. The molecule has 0 spiro atoms. The molecule has 0 aromatic carbocycles. The van der Waals surface area contributed by atoms with Gasteiger partial charge in [-0.1, -0.05) is 24.6 Å². The first-order chi connectivity index (χ1) is 12.8. The molecule has 4 aliphatic rings. The quantitative estimate of drug-likeness (QED) is 0.575. The standard InChI is InChI=1S/C19H25N5S2/c1-25-19-20-7-6-17(22-19)23-10-15-8-16(11-23)24(15)9-14-12-26-18(21-14)13-4-2-3-5-13/h6-7,12-13,15-16H,2-5,8-11H2,1H3. The van der Waals surface area contributed by atoms with E-state index in [4.69, 9.17) is 4.98 Å². The van der Waals surface area contributed by atoms with Gasteiger partial charge in [0.1, 0.15) is 5.82 Å². The van der Waals surface area contributed by atoms with E-state index in [1.807, 2.05) is 29.9 Å².